The summed E-state index contributed by atoms with van der Waals surface area (Å²) in [5.74, 6) is -0.716. The first-order chi connectivity index (χ1) is 13.5. The van der Waals surface area contributed by atoms with Crippen LogP contribution >= 0.6 is 0 Å². The molecule has 28 heavy (non-hydrogen) atoms. The summed E-state index contributed by atoms with van der Waals surface area (Å²) in [6.45, 7) is 0. The molecule has 0 amide bonds. The quantitative estimate of drug-likeness (QED) is 0.558. The van der Waals surface area contributed by atoms with E-state index in [-0.39, 0.29) is 11.2 Å². The molecule has 7 nitrogen and oxygen atoms in total. The van der Waals surface area contributed by atoms with E-state index in [0.717, 1.165) is 5.56 Å². The van der Waals surface area contributed by atoms with Crippen molar-refractivity contribution in [1.82, 2.24) is 25.0 Å². The molecule has 0 fully saturated rings. The van der Waals surface area contributed by atoms with Crippen molar-refractivity contribution in [2.24, 2.45) is 7.05 Å². The first kappa shape index (κ1) is 16.5. The highest BCUT2D eigenvalue weighted by Gasteiger charge is 2.37. The van der Waals surface area contributed by atoms with Crippen molar-refractivity contribution in [2.45, 2.75) is 12.0 Å². The lowest BCUT2D eigenvalue weighted by molar-refractivity contribution is 0.562. The molecule has 0 radical (unpaired) electrons. The predicted octanol–water partition coefficient (Wildman–Crippen LogP) is 2.63. The molecule has 1 aliphatic rings. The van der Waals surface area contributed by atoms with Gasteiger partial charge in [0, 0.05) is 18.1 Å². The molecule has 2 aromatic carbocycles. The number of hydrogen-bond donors (Lipinski definition) is 2. The summed E-state index contributed by atoms with van der Waals surface area (Å²) in [5, 5.41) is 14.9. The minimum Gasteiger partial charge on any atom is -0.376 e. The Hall–Kier alpha value is -3.62. The van der Waals surface area contributed by atoms with Gasteiger partial charge in [-0.2, -0.15) is 10.2 Å². The van der Waals surface area contributed by atoms with Crippen molar-refractivity contribution in [3.8, 4) is 0 Å². The normalized spacial score (nSPS) is 18.2. The van der Waals surface area contributed by atoms with Crippen LogP contribution in [-0.4, -0.2) is 25.0 Å². The molecule has 2 N–H and O–H groups in total. The highest BCUT2D eigenvalue weighted by molar-refractivity contribution is 5.97. The molecule has 0 saturated heterocycles. The molecule has 0 spiro atoms. The summed E-state index contributed by atoms with van der Waals surface area (Å²) in [6, 6.07) is 8.14. The topological polar surface area (TPSA) is 88.5 Å². The third-order valence-corrected chi connectivity index (χ3v) is 5.07. The van der Waals surface area contributed by atoms with Crippen LogP contribution in [0.5, 0.6) is 0 Å². The second kappa shape index (κ2) is 5.95. The maximum Gasteiger partial charge on any atom is 0.272 e. The summed E-state index contributed by atoms with van der Waals surface area (Å²) < 4.78 is 29.2. The molecule has 0 aliphatic carbocycles. The average Bonchev–Trinajstić information content (AvgIpc) is 3.10. The van der Waals surface area contributed by atoms with E-state index in [1.54, 1.807) is 23.9 Å². The number of aryl methyl sites for hydroxylation is 1. The van der Waals surface area contributed by atoms with Gasteiger partial charge >= 0.3 is 0 Å². The number of aromatic amines is 1. The fraction of sp³-hybridized carbons (Fsp3) is 0.158. The van der Waals surface area contributed by atoms with E-state index in [0.29, 0.717) is 22.6 Å². The van der Waals surface area contributed by atoms with Crippen LogP contribution in [0.4, 0.5) is 14.5 Å². The van der Waals surface area contributed by atoms with Crippen molar-refractivity contribution in [3.05, 3.63) is 81.8 Å². The number of aromatic nitrogens is 5. The fourth-order valence-corrected chi connectivity index (χ4v) is 3.84. The molecule has 1 aliphatic heterocycles. The molecular weight excluding hydrogens is 366 g/mol. The van der Waals surface area contributed by atoms with Crippen LogP contribution in [-0.2, 0) is 7.05 Å². The van der Waals surface area contributed by atoms with Crippen molar-refractivity contribution in [2.75, 3.05) is 5.32 Å². The second-order valence-electron chi connectivity index (χ2n) is 6.71. The van der Waals surface area contributed by atoms with Crippen LogP contribution in [0.25, 0.3) is 10.8 Å². The van der Waals surface area contributed by atoms with Gasteiger partial charge in [0.25, 0.3) is 5.56 Å². The first-order valence-corrected chi connectivity index (χ1v) is 8.60. The molecule has 2 atom stereocenters. The van der Waals surface area contributed by atoms with Crippen molar-refractivity contribution < 1.29 is 8.78 Å². The SMILES string of the molecule is Cn1ncnc1[C@H]1c2n[nH]c(=O)c3cc(F)cc(c23)N[C@H]1c1ccc(F)cc1. The largest absolute Gasteiger partial charge is 0.376 e. The predicted molar refractivity (Wildman–Crippen MR) is 97.9 cm³/mol. The van der Waals surface area contributed by atoms with E-state index in [9.17, 15) is 13.6 Å². The molecule has 0 saturated carbocycles. The number of rotatable bonds is 2. The van der Waals surface area contributed by atoms with Gasteiger partial charge in [0.1, 0.15) is 23.8 Å². The van der Waals surface area contributed by atoms with Crippen molar-refractivity contribution >= 4 is 16.5 Å². The lowest BCUT2D eigenvalue weighted by atomic mass is 9.83. The number of nitrogens with one attached hydrogen (secondary N) is 2. The van der Waals surface area contributed by atoms with E-state index in [1.165, 1.54) is 30.6 Å². The van der Waals surface area contributed by atoms with Crippen molar-refractivity contribution in [3.63, 3.8) is 0 Å². The summed E-state index contributed by atoms with van der Waals surface area (Å²) >= 11 is 0. The van der Waals surface area contributed by atoms with Crippen molar-refractivity contribution in [1.29, 1.82) is 0 Å². The van der Waals surface area contributed by atoms with E-state index in [2.05, 4.69) is 25.6 Å². The van der Waals surface area contributed by atoms with E-state index in [1.807, 2.05) is 0 Å². The zero-order valence-electron chi connectivity index (χ0n) is 14.6. The van der Waals surface area contributed by atoms with Gasteiger partial charge in [-0.05, 0) is 29.8 Å². The maximum atomic E-state index is 14.1. The van der Waals surface area contributed by atoms with Gasteiger partial charge in [-0.25, -0.2) is 18.9 Å². The molecule has 9 heteroatoms. The molecule has 0 bridgehead atoms. The first-order valence-electron chi connectivity index (χ1n) is 8.60. The minimum atomic E-state index is -0.535. The second-order valence-corrected chi connectivity index (χ2v) is 6.71. The van der Waals surface area contributed by atoms with Gasteiger partial charge in [-0.3, -0.25) is 9.48 Å². The van der Waals surface area contributed by atoms with Gasteiger partial charge in [-0.1, -0.05) is 12.1 Å². The summed E-state index contributed by atoms with van der Waals surface area (Å²) in [4.78, 5) is 16.6. The number of halogens is 2. The Labute approximate surface area is 157 Å². The minimum absolute atomic E-state index is 0.206. The number of benzene rings is 2. The number of hydrogen-bond acceptors (Lipinski definition) is 5. The third kappa shape index (κ3) is 2.39. The van der Waals surface area contributed by atoms with E-state index in [4.69, 9.17) is 0 Å². The van der Waals surface area contributed by atoms with Crippen LogP contribution in [0, 0.1) is 11.6 Å². The van der Waals surface area contributed by atoms with E-state index < -0.39 is 23.3 Å². The Balaban J connectivity index is 1.82. The number of nitrogens with zero attached hydrogens (tertiary/aromatic N) is 4. The average molecular weight is 380 g/mol. The van der Waals surface area contributed by atoms with Gasteiger partial charge in [0.05, 0.1) is 23.0 Å². The molecule has 4 aromatic rings. The Morgan fingerprint density at radius 1 is 1.11 bits per heavy atom. The lowest BCUT2D eigenvalue weighted by Crippen LogP contribution is -2.30. The number of H-pyrrole nitrogens is 1. The smallest absolute Gasteiger partial charge is 0.272 e. The Morgan fingerprint density at radius 3 is 2.61 bits per heavy atom. The van der Waals surface area contributed by atoms with Gasteiger partial charge in [-0.15, -0.1) is 0 Å². The highest BCUT2D eigenvalue weighted by atomic mass is 19.1. The fourth-order valence-electron chi connectivity index (χ4n) is 3.84. The molecule has 140 valence electrons. The molecular formula is C19H14F2N6O. The maximum absolute atomic E-state index is 14.1. The van der Waals surface area contributed by atoms with Crippen LogP contribution in [0.15, 0.2) is 47.5 Å². The molecule has 0 unspecified atom stereocenters. The zero-order chi connectivity index (χ0) is 19.4. The molecule has 3 heterocycles. The van der Waals surface area contributed by atoms with Gasteiger partial charge in [0.2, 0.25) is 0 Å². The summed E-state index contributed by atoms with van der Waals surface area (Å²) in [6.07, 6.45) is 1.43. The van der Waals surface area contributed by atoms with Gasteiger partial charge < -0.3 is 5.32 Å². The van der Waals surface area contributed by atoms with Crippen LogP contribution in [0.3, 0.4) is 0 Å². The summed E-state index contributed by atoms with van der Waals surface area (Å²) in [5.41, 5.74) is 1.30. The number of anilines is 1. The Kier molecular flexibility index (Phi) is 3.51. The standard InChI is InChI=1S/C19H14F2N6O/c1-27-18(22-8-23-27)15-16(9-2-4-10(20)5-3-9)24-13-7-11(21)6-12-14(13)17(15)25-26-19(12)28/h2-8,15-16,24H,1H3,(H,26,28)/t15-,16+/m1/s1. The zero-order valence-corrected chi connectivity index (χ0v) is 14.6. The molecule has 2 aromatic heterocycles. The highest BCUT2D eigenvalue weighted by Crippen LogP contribution is 2.45. The Bertz CT molecular complexity index is 1260. The lowest BCUT2D eigenvalue weighted by Gasteiger charge is -2.33. The van der Waals surface area contributed by atoms with Gasteiger partial charge in [0.15, 0.2) is 0 Å². The van der Waals surface area contributed by atoms with Crippen LogP contribution in [0.2, 0.25) is 0 Å². The third-order valence-electron chi connectivity index (χ3n) is 5.07. The van der Waals surface area contributed by atoms with Crippen LogP contribution in [0.1, 0.15) is 29.0 Å². The van der Waals surface area contributed by atoms with E-state index >= 15 is 0 Å². The summed E-state index contributed by atoms with van der Waals surface area (Å²) in [7, 11) is 1.76. The monoisotopic (exact) mass is 380 g/mol. The van der Waals surface area contributed by atoms with Crippen LogP contribution < -0.4 is 10.9 Å². The molecule has 5 rings (SSSR count). The Morgan fingerprint density at radius 2 is 1.89 bits per heavy atom.